The minimum absolute atomic E-state index is 0.000806. The normalized spacial score (nSPS) is 22.6. The number of amides is 6. The number of unbranched alkanes of at least 4 members (excludes halogenated alkanes) is 3. The highest BCUT2D eigenvalue weighted by atomic mass is 32.1. The van der Waals surface area contributed by atoms with Crippen molar-refractivity contribution < 1.29 is 84.4 Å². The summed E-state index contributed by atoms with van der Waals surface area (Å²) < 4.78 is 87.9. The number of nitrogens with zero attached hydrogens (tertiary/aromatic N) is 6. The molecule has 0 radical (unpaired) electrons. The molecule has 11 rings (SSSR count). The third-order valence-corrected chi connectivity index (χ3v) is 28.0. The summed E-state index contributed by atoms with van der Waals surface area (Å²) in [5, 5.41) is 22.5. The van der Waals surface area contributed by atoms with Crippen LogP contribution < -0.4 is 50.8 Å². The van der Waals surface area contributed by atoms with Gasteiger partial charge < -0.3 is 88.2 Å². The van der Waals surface area contributed by atoms with Crippen molar-refractivity contribution in [2.75, 3.05) is 64.4 Å². The Bertz CT molecular complexity index is 4720. The highest BCUT2D eigenvalue weighted by Gasteiger charge is 2.70. The first kappa shape index (κ1) is 93.5. The molecule has 30 nitrogen and oxygen atoms in total. The van der Waals surface area contributed by atoms with E-state index in [1.54, 1.807) is 89.5 Å². The standard InChI is InChI=1S/C44H63N6O9PS.C42H59N6O9PS/c1-11-15-16-17-18-19-33(48-42(53)59-43(7,8)9)40(52)50-26-31(23-37(50)39(51)49-44(25-29(44)12-2)60(54,56-13-3)57-14-4)58-38-24-35(36-27-61-41(47-36)45-28(5)6)46-34-22-30(55-10)20-21-32(34)38;1-9-54-58(52,55-10-2)42-23-27(42)16-14-12-11-13-15-17-31(46-40(51)57-41(5,6)7)38(50)48-24-29(21-35(48)37(49)47-42)56-36-22-33(34-25-59-39(45-34)43-26(3)4)44-32-20-28(53-8)18-19-30(32)36/h11-12,20-22,24,27-29,31,33,37H,1-2,13-19,23,25-26H2,3-10H3,(H,45,47)(H,48,53)(H,49,51);14,16,18-20,22,25-27,29,31,35H,9-13,15,17,21,23-24H2,1-8H3,(H,43,45)(H,46,51)(H,47,49)/b;16-14-/t29?,31-,33+,37+,44?;27?,29-,31+,35+,42?/m11/s1. The Morgan fingerprint density at radius 3 is 1.74 bits per heavy atom. The lowest BCUT2D eigenvalue weighted by Gasteiger charge is -2.32. The van der Waals surface area contributed by atoms with Gasteiger partial charge in [-0.1, -0.05) is 50.0 Å². The number of methoxy groups -OCH3 is 2. The number of hydrogen-bond acceptors (Lipinski definition) is 26. The van der Waals surface area contributed by atoms with E-state index < -0.39 is 115 Å². The van der Waals surface area contributed by atoms with Crippen molar-refractivity contribution in [2.24, 2.45) is 11.8 Å². The summed E-state index contributed by atoms with van der Waals surface area (Å²) in [5.74, 6) is -0.473. The summed E-state index contributed by atoms with van der Waals surface area (Å²) in [7, 11) is -4.59. The summed E-state index contributed by atoms with van der Waals surface area (Å²) in [6.45, 7) is 33.7. The predicted octanol–water partition coefficient (Wildman–Crippen LogP) is 16.9. The fraction of sp³-hybridized carbons (Fsp3) is 0.581. The Kier molecular flexibility index (Phi) is 31.9. The topological polar surface area (TPSA) is 359 Å². The lowest BCUT2D eigenvalue weighted by atomic mass is 10.0. The van der Waals surface area contributed by atoms with E-state index in [0.29, 0.717) is 99.7 Å². The fourth-order valence-electron chi connectivity index (χ4n) is 15.2. The van der Waals surface area contributed by atoms with Gasteiger partial charge in [-0.05, 0) is 173 Å². The molecule has 0 bridgehead atoms. The van der Waals surface area contributed by atoms with Crippen molar-refractivity contribution in [2.45, 2.75) is 257 Å². The first-order valence-electron chi connectivity index (χ1n) is 41.8. The Balaban J connectivity index is 0.000000252. The van der Waals surface area contributed by atoms with Gasteiger partial charge >= 0.3 is 27.4 Å². The maximum absolute atomic E-state index is 14.8. The molecule has 4 fully saturated rings. The molecule has 0 spiro atoms. The van der Waals surface area contributed by atoms with Crippen LogP contribution in [0, 0.1) is 11.8 Å². The maximum atomic E-state index is 14.8. The van der Waals surface area contributed by atoms with Crippen molar-refractivity contribution in [3.8, 4) is 45.8 Å². The Hall–Kier alpha value is -8.74. The number of anilines is 2. The van der Waals surface area contributed by atoms with E-state index in [1.807, 2.05) is 105 Å². The number of carbonyl (C=O) groups excluding carboxylic acids is 6. The number of aromatic nitrogens is 4. The van der Waals surface area contributed by atoms with Gasteiger partial charge in [-0.15, -0.1) is 35.8 Å². The molecular formula is C86H122N12O18P2S2. The van der Waals surface area contributed by atoms with Gasteiger partial charge in [0.25, 0.3) is 0 Å². The second-order valence-corrected chi connectivity index (χ2v) is 39.5. The summed E-state index contributed by atoms with van der Waals surface area (Å²) in [6, 6.07) is 10.9. The molecule has 2 aromatic carbocycles. The van der Waals surface area contributed by atoms with E-state index in [-0.39, 0.29) is 76.8 Å². The Morgan fingerprint density at radius 1 is 0.675 bits per heavy atom. The molecule has 6 N–H and O–H groups in total. The van der Waals surface area contributed by atoms with Crippen LogP contribution in [0.5, 0.6) is 23.0 Å². The molecule has 2 saturated heterocycles. The highest BCUT2D eigenvalue weighted by Crippen LogP contribution is 2.74. The molecule has 7 heterocycles. The van der Waals surface area contributed by atoms with Crippen LogP contribution in [-0.4, -0.2) is 190 Å². The van der Waals surface area contributed by atoms with E-state index in [4.69, 9.17) is 66.5 Å². The molecule has 656 valence electrons. The second-order valence-electron chi connectivity index (χ2n) is 33.2. The van der Waals surface area contributed by atoms with Crippen LogP contribution in [0.15, 0.2) is 96.8 Å². The van der Waals surface area contributed by atoms with Crippen LogP contribution >= 0.6 is 37.9 Å². The number of fused-ring (bicyclic) bond motifs is 4. The lowest BCUT2D eigenvalue weighted by molar-refractivity contribution is -0.140. The first-order chi connectivity index (χ1) is 57.1. The molecule has 120 heavy (non-hydrogen) atoms. The number of hydrogen-bond donors (Lipinski definition) is 6. The number of allylic oxidation sites excluding steroid dienone is 2. The Morgan fingerprint density at radius 2 is 1.23 bits per heavy atom. The van der Waals surface area contributed by atoms with E-state index in [1.165, 1.54) is 32.5 Å². The van der Waals surface area contributed by atoms with Crippen LogP contribution in [0.4, 0.5) is 19.9 Å². The number of carbonyl (C=O) groups is 6. The van der Waals surface area contributed by atoms with E-state index in [2.05, 4.69) is 45.1 Å². The van der Waals surface area contributed by atoms with Crippen LogP contribution in [0.3, 0.4) is 0 Å². The summed E-state index contributed by atoms with van der Waals surface area (Å²) in [6.07, 6.45) is 12.3. The van der Waals surface area contributed by atoms with Crippen LogP contribution in [0.25, 0.3) is 44.6 Å². The number of nitrogens with one attached hydrogen (secondary N) is 6. The highest BCUT2D eigenvalue weighted by molar-refractivity contribution is 7.56. The van der Waals surface area contributed by atoms with Crippen LogP contribution in [0.1, 0.15) is 187 Å². The summed E-state index contributed by atoms with van der Waals surface area (Å²) >= 11 is 2.94. The van der Waals surface area contributed by atoms with Gasteiger partial charge in [0.05, 0.1) is 76.2 Å². The fourth-order valence-corrected chi connectivity index (χ4v) is 21.7. The second kappa shape index (κ2) is 41.0. The monoisotopic (exact) mass is 1740 g/mol. The molecule has 6 aromatic rings. The molecule has 4 unspecified atom stereocenters. The number of rotatable bonds is 34. The quantitative estimate of drug-likeness (QED) is 0.0124. The minimum Gasteiger partial charge on any atom is -0.497 e. The van der Waals surface area contributed by atoms with Crippen molar-refractivity contribution in [3.63, 3.8) is 0 Å². The number of benzene rings is 2. The number of ether oxygens (including phenoxy) is 6. The van der Waals surface area contributed by atoms with Gasteiger partial charge in [0.1, 0.15) is 92.5 Å². The maximum Gasteiger partial charge on any atom is 0.408 e. The third-order valence-electron chi connectivity index (χ3n) is 20.8. The number of thiazole rings is 2. The molecular weight excluding hydrogens is 1620 g/mol. The third kappa shape index (κ3) is 23.3. The van der Waals surface area contributed by atoms with Gasteiger partial charge in [0, 0.05) is 82.6 Å². The van der Waals surface area contributed by atoms with Crippen LogP contribution in [-0.2, 0) is 55.9 Å². The molecule has 5 aliphatic rings. The smallest absolute Gasteiger partial charge is 0.408 e. The van der Waals surface area contributed by atoms with Gasteiger partial charge in [-0.3, -0.25) is 28.3 Å². The van der Waals surface area contributed by atoms with Crippen LogP contribution in [0.2, 0.25) is 0 Å². The largest absolute Gasteiger partial charge is 0.497 e. The van der Waals surface area contributed by atoms with Crippen molar-refractivity contribution in [3.05, 3.63) is 96.8 Å². The predicted molar refractivity (Wildman–Crippen MR) is 467 cm³/mol. The lowest BCUT2D eigenvalue weighted by Crippen LogP contribution is -2.55. The molecule has 6 amide bonds. The van der Waals surface area contributed by atoms with E-state index in [9.17, 15) is 37.9 Å². The Labute approximate surface area is 713 Å². The number of likely N-dealkylation sites (tertiary alicyclic amines) is 1. The van der Waals surface area contributed by atoms with E-state index in [0.717, 1.165) is 48.8 Å². The zero-order chi connectivity index (χ0) is 87.1. The average molecular weight is 1740 g/mol. The first-order valence-corrected chi connectivity index (χ1v) is 46.6. The van der Waals surface area contributed by atoms with Gasteiger partial charge in [0.15, 0.2) is 10.3 Å². The minimum atomic E-state index is -3.89. The van der Waals surface area contributed by atoms with Crippen molar-refractivity contribution in [1.82, 2.24) is 51.0 Å². The summed E-state index contributed by atoms with van der Waals surface area (Å²) in [4.78, 5) is 108. The number of pyridine rings is 2. The molecule has 3 aliphatic heterocycles. The molecule has 2 aliphatic carbocycles. The van der Waals surface area contributed by atoms with E-state index >= 15 is 0 Å². The van der Waals surface area contributed by atoms with Crippen molar-refractivity contribution >= 4 is 106 Å². The zero-order valence-electron chi connectivity index (χ0n) is 72.2. The molecule has 4 aromatic heterocycles. The van der Waals surface area contributed by atoms with Gasteiger partial charge in [-0.2, -0.15) is 0 Å². The summed E-state index contributed by atoms with van der Waals surface area (Å²) in [5.41, 5.74) is 2.06. The molecule has 2 saturated carbocycles. The molecule has 10 atom stereocenters. The van der Waals surface area contributed by atoms with Gasteiger partial charge in [0.2, 0.25) is 23.6 Å². The SMILES string of the molecule is C=CCCCCC[C@H](NC(=O)OC(C)(C)C)C(=O)N1C[C@H](Oc2cc(-c3csc(NC(C)C)n3)nc3cc(OC)ccc23)C[C@H]1C(=O)NC1(P(=O)(OCC)OCC)CC1C=C.CCOP(=O)(OCC)C12CC1/C=C\CCCCC[C@H](NC(=O)OC(C)(C)C)C(=O)N1C[C@H](Oc3cc(-c4csc(NC(C)C)n4)nc4cc(OC)ccc34)C[C@H]1C(=O)N2. The zero-order valence-corrected chi connectivity index (χ0v) is 75.6. The molecule has 34 heteroatoms. The van der Waals surface area contributed by atoms with Gasteiger partial charge in [-0.25, -0.2) is 29.5 Å². The van der Waals surface area contributed by atoms with Crippen molar-refractivity contribution in [1.29, 1.82) is 0 Å². The number of alkyl carbamates (subject to hydrolysis) is 2. The average Bonchev–Trinajstić information content (AvgIpc) is 1.55.